The second-order valence-corrected chi connectivity index (χ2v) is 8.84. The number of hydrogen-bond acceptors (Lipinski definition) is 5. The highest BCUT2D eigenvalue weighted by molar-refractivity contribution is 9.10. The van der Waals surface area contributed by atoms with E-state index in [2.05, 4.69) is 52.1 Å². The summed E-state index contributed by atoms with van der Waals surface area (Å²) in [7, 11) is 0. The third-order valence-electron chi connectivity index (χ3n) is 5.00. The molecule has 2 aromatic rings. The molecule has 1 aliphatic carbocycles. The number of carbonyl (C=O) groups is 1. The number of anilines is 1. The Morgan fingerprint density at radius 1 is 1.37 bits per heavy atom. The summed E-state index contributed by atoms with van der Waals surface area (Å²) in [6.07, 6.45) is 3.76. The fourth-order valence-corrected chi connectivity index (χ4v) is 4.29. The SMILES string of the molecule is CCCOc1ccc(Br)cc1[C@@H]1C2=C(CC(C)(C)CC2=O)Nc2ncnn21. The van der Waals surface area contributed by atoms with Crippen molar-refractivity contribution in [2.75, 3.05) is 11.9 Å². The third kappa shape index (κ3) is 3.29. The van der Waals surface area contributed by atoms with Gasteiger partial charge in [-0.05, 0) is 36.5 Å². The molecule has 6 nitrogen and oxygen atoms in total. The van der Waals surface area contributed by atoms with E-state index in [0.29, 0.717) is 19.0 Å². The number of fused-ring (bicyclic) bond motifs is 1. The Morgan fingerprint density at radius 2 is 2.19 bits per heavy atom. The van der Waals surface area contributed by atoms with Gasteiger partial charge in [0.1, 0.15) is 18.1 Å². The molecule has 1 N–H and O–H groups in total. The lowest BCUT2D eigenvalue weighted by Gasteiger charge is -2.38. The number of nitrogens with zero attached hydrogens (tertiary/aromatic N) is 3. The van der Waals surface area contributed by atoms with E-state index in [1.807, 2.05) is 18.2 Å². The van der Waals surface area contributed by atoms with E-state index in [9.17, 15) is 4.79 Å². The van der Waals surface area contributed by atoms with E-state index >= 15 is 0 Å². The average Bonchev–Trinajstić information content (AvgIpc) is 3.05. The molecule has 0 saturated carbocycles. The maximum Gasteiger partial charge on any atom is 0.226 e. The molecule has 0 radical (unpaired) electrons. The van der Waals surface area contributed by atoms with Crippen molar-refractivity contribution in [3.05, 3.63) is 45.8 Å². The summed E-state index contributed by atoms with van der Waals surface area (Å²) in [5.41, 5.74) is 2.57. The first kappa shape index (κ1) is 18.2. The lowest BCUT2D eigenvalue weighted by atomic mass is 9.73. The first-order chi connectivity index (χ1) is 12.9. The molecule has 1 atom stereocenters. The quantitative estimate of drug-likeness (QED) is 0.773. The summed E-state index contributed by atoms with van der Waals surface area (Å²) < 4.78 is 8.73. The maximum atomic E-state index is 13.2. The standard InChI is InChI=1S/C20H23BrN4O2/c1-4-7-27-16-6-5-12(21)8-13(16)18-17-14(9-20(2,3)10-15(17)26)24-19-22-11-23-25(18)19/h5-6,8,11,18H,4,7,9-10H2,1-3H3,(H,22,23,24)/t18-/m1/s1. The Kier molecular flexibility index (Phi) is 4.58. The normalized spacial score (nSPS) is 20.7. The van der Waals surface area contributed by atoms with Crippen LogP contribution in [0.15, 0.2) is 40.3 Å². The van der Waals surface area contributed by atoms with Crippen LogP contribution in [-0.2, 0) is 4.79 Å². The molecule has 2 heterocycles. The summed E-state index contributed by atoms with van der Waals surface area (Å²) in [6, 6.07) is 5.58. The van der Waals surface area contributed by atoms with Crippen molar-refractivity contribution in [3.63, 3.8) is 0 Å². The van der Waals surface area contributed by atoms with Crippen LogP contribution >= 0.6 is 15.9 Å². The van der Waals surface area contributed by atoms with Gasteiger partial charge >= 0.3 is 0 Å². The molecule has 1 aliphatic heterocycles. The number of ether oxygens (including phenoxy) is 1. The molecule has 4 rings (SSSR count). The van der Waals surface area contributed by atoms with Gasteiger partial charge in [0.15, 0.2) is 5.78 Å². The van der Waals surface area contributed by atoms with Crippen molar-refractivity contribution in [2.45, 2.75) is 46.1 Å². The van der Waals surface area contributed by atoms with Gasteiger partial charge in [0, 0.05) is 27.7 Å². The number of Topliss-reactive ketones (excluding diaryl/α,β-unsaturated/α-hetero) is 1. The average molecular weight is 431 g/mol. The third-order valence-corrected chi connectivity index (χ3v) is 5.50. The number of ketones is 1. The summed E-state index contributed by atoms with van der Waals surface area (Å²) in [4.78, 5) is 17.5. The number of aromatic nitrogens is 3. The fourth-order valence-electron chi connectivity index (χ4n) is 3.91. The van der Waals surface area contributed by atoms with Gasteiger partial charge in [0.25, 0.3) is 0 Å². The minimum atomic E-state index is -0.341. The first-order valence-electron chi connectivity index (χ1n) is 9.24. The molecular formula is C20H23BrN4O2. The van der Waals surface area contributed by atoms with E-state index in [1.165, 1.54) is 6.33 Å². The lowest BCUT2D eigenvalue weighted by molar-refractivity contribution is -0.118. The summed E-state index contributed by atoms with van der Waals surface area (Å²) in [6.45, 7) is 6.95. The van der Waals surface area contributed by atoms with Crippen LogP contribution in [0.2, 0.25) is 0 Å². The van der Waals surface area contributed by atoms with Gasteiger partial charge in [-0.2, -0.15) is 10.1 Å². The van der Waals surface area contributed by atoms with E-state index in [4.69, 9.17) is 4.74 Å². The largest absolute Gasteiger partial charge is 0.493 e. The van der Waals surface area contributed by atoms with E-state index in [1.54, 1.807) is 4.68 Å². The number of hydrogen-bond donors (Lipinski definition) is 1. The first-order valence-corrected chi connectivity index (χ1v) is 10.0. The number of carbonyl (C=O) groups excluding carboxylic acids is 1. The molecule has 142 valence electrons. The summed E-state index contributed by atoms with van der Waals surface area (Å²) >= 11 is 3.57. The highest BCUT2D eigenvalue weighted by Crippen LogP contribution is 2.47. The molecular weight excluding hydrogens is 408 g/mol. The van der Waals surface area contributed by atoms with Crippen LogP contribution in [0, 0.1) is 5.41 Å². The molecule has 0 saturated heterocycles. The van der Waals surface area contributed by atoms with Crippen LogP contribution in [0.25, 0.3) is 0 Å². The lowest BCUT2D eigenvalue weighted by Crippen LogP contribution is -2.36. The predicted molar refractivity (Wildman–Crippen MR) is 107 cm³/mol. The zero-order chi connectivity index (χ0) is 19.2. The van der Waals surface area contributed by atoms with Crippen LogP contribution in [0.5, 0.6) is 5.75 Å². The zero-order valence-electron chi connectivity index (χ0n) is 15.8. The number of allylic oxidation sites excluding steroid dienone is 2. The van der Waals surface area contributed by atoms with Crippen molar-refractivity contribution in [1.29, 1.82) is 0 Å². The van der Waals surface area contributed by atoms with Crippen LogP contribution in [0.3, 0.4) is 0 Å². The topological polar surface area (TPSA) is 69.0 Å². The van der Waals surface area contributed by atoms with Crippen molar-refractivity contribution < 1.29 is 9.53 Å². The molecule has 0 amide bonds. The van der Waals surface area contributed by atoms with Crippen LogP contribution in [-0.4, -0.2) is 27.2 Å². The van der Waals surface area contributed by atoms with Gasteiger partial charge < -0.3 is 10.1 Å². The predicted octanol–water partition coefficient (Wildman–Crippen LogP) is 4.49. The van der Waals surface area contributed by atoms with Crippen molar-refractivity contribution in [1.82, 2.24) is 14.8 Å². The Labute approximate surface area is 167 Å². The van der Waals surface area contributed by atoms with Crippen LogP contribution in [0.1, 0.15) is 51.6 Å². The Hall–Kier alpha value is -2.15. The number of halogens is 1. The fraction of sp³-hybridized carbons (Fsp3) is 0.450. The number of nitrogens with one attached hydrogen (secondary N) is 1. The molecule has 2 aliphatic rings. The highest BCUT2D eigenvalue weighted by atomic mass is 79.9. The van der Waals surface area contributed by atoms with E-state index in [-0.39, 0.29) is 17.2 Å². The smallest absolute Gasteiger partial charge is 0.226 e. The van der Waals surface area contributed by atoms with E-state index < -0.39 is 0 Å². The molecule has 0 spiro atoms. The molecule has 1 aromatic heterocycles. The van der Waals surface area contributed by atoms with Gasteiger partial charge in [-0.3, -0.25) is 4.79 Å². The zero-order valence-corrected chi connectivity index (χ0v) is 17.3. The van der Waals surface area contributed by atoms with Gasteiger partial charge in [-0.1, -0.05) is 36.7 Å². The van der Waals surface area contributed by atoms with Gasteiger partial charge in [-0.25, -0.2) is 4.68 Å². The number of benzene rings is 1. The molecule has 27 heavy (non-hydrogen) atoms. The minimum Gasteiger partial charge on any atom is -0.493 e. The summed E-state index contributed by atoms with van der Waals surface area (Å²) in [5, 5.41) is 7.75. The van der Waals surface area contributed by atoms with Gasteiger partial charge in [-0.15, -0.1) is 0 Å². The highest BCUT2D eigenvalue weighted by Gasteiger charge is 2.42. The second kappa shape index (κ2) is 6.78. The minimum absolute atomic E-state index is 0.0749. The molecule has 0 fully saturated rings. The van der Waals surface area contributed by atoms with Crippen LogP contribution < -0.4 is 10.1 Å². The van der Waals surface area contributed by atoms with E-state index in [0.717, 1.165) is 39.9 Å². The maximum absolute atomic E-state index is 13.2. The Balaban J connectivity index is 1.90. The van der Waals surface area contributed by atoms with Crippen molar-refractivity contribution in [3.8, 4) is 5.75 Å². The molecule has 1 aromatic carbocycles. The molecule has 7 heteroatoms. The Morgan fingerprint density at radius 3 is 2.96 bits per heavy atom. The van der Waals surface area contributed by atoms with Crippen molar-refractivity contribution >= 4 is 27.7 Å². The monoisotopic (exact) mass is 430 g/mol. The summed E-state index contributed by atoms with van der Waals surface area (Å²) in [5.74, 6) is 1.59. The molecule has 0 unspecified atom stereocenters. The van der Waals surface area contributed by atoms with Crippen LogP contribution in [0.4, 0.5) is 5.95 Å². The van der Waals surface area contributed by atoms with Gasteiger partial charge in [0.05, 0.1) is 6.61 Å². The Bertz CT molecular complexity index is 932. The van der Waals surface area contributed by atoms with Gasteiger partial charge in [0.2, 0.25) is 5.95 Å². The number of rotatable bonds is 4. The molecule has 0 bridgehead atoms. The van der Waals surface area contributed by atoms with Crippen molar-refractivity contribution in [2.24, 2.45) is 5.41 Å². The second-order valence-electron chi connectivity index (χ2n) is 7.92.